The monoisotopic (exact) mass is 339 g/mol. The number of benzene rings is 1. The standard InChI is InChI=1S/C19H25N5O/c1-14(2)23-6-8-24(9-7-23)17-11-15(3)10-16(12-17)22-19(25)18-13-20-4-5-21-18/h4-5,10-14H,6-9H2,1-3H3,(H,22,25). The molecule has 1 aromatic heterocycles. The van der Waals surface area contributed by atoms with Crippen LogP contribution in [0.3, 0.4) is 0 Å². The quantitative estimate of drug-likeness (QED) is 0.928. The average Bonchev–Trinajstić information content (AvgIpc) is 2.62. The molecule has 0 radical (unpaired) electrons. The van der Waals surface area contributed by atoms with Crippen LogP contribution in [0, 0.1) is 6.92 Å². The van der Waals surface area contributed by atoms with Gasteiger partial charge in [-0.05, 0) is 44.5 Å². The molecule has 0 unspecified atom stereocenters. The van der Waals surface area contributed by atoms with Gasteiger partial charge < -0.3 is 10.2 Å². The van der Waals surface area contributed by atoms with Crippen molar-refractivity contribution in [2.24, 2.45) is 0 Å². The first-order chi connectivity index (χ1) is 12.0. The predicted molar refractivity (Wildman–Crippen MR) is 100 cm³/mol. The third-order valence-electron chi connectivity index (χ3n) is 4.53. The topological polar surface area (TPSA) is 61.4 Å². The molecule has 1 aromatic carbocycles. The van der Waals surface area contributed by atoms with Gasteiger partial charge in [-0.2, -0.15) is 0 Å². The second-order valence-corrected chi connectivity index (χ2v) is 6.72. The van der Waals surface area contributed by atoms with Crippen LogP contribution >= 0.6 is 0 Å². The van der Waals surface area contributed by atoms with E-state index < -0.39 is 0 Å². The third kappa shape index (κ3) is 4.33. The van der Waals surface area contributed by atoms with E-state index in [-0.39, 0.29) is 5.91 Å². The highest BCUT2D eigenvalue weighted by atomic mass is 16.1. The number of nitrogens with zero attached hydrogens (tertiary/aromatic N) is 4. The number of aryl methyl sites for hydroxylation is 1. The molecule has 132 valence electrons. The van der Waals surface area contributed by atoms with Crippen molar-refractivity contribution in [2.45, 2.75) is 26.8 Å². The number of anilines is 2. The van der Waals surface area contributed by atoms with Gasteiger partial charge in [-0.1, -0.05) is 0 Å². The van der Waals surface area contributed by atoms with Crippen LogP contribution in [0.1, 0.15) is 29.9 Å². The summed E-state index contributed by atoms with van der Waals surface area (Å²) in [5, 5.41) is 2.93. The van der Waals surface area contributed by atoms with Crippen LogP contribution < -0.4 is 10.2 Å². The number of aromatic nitrogens is 2. The van der Waals surface area contributed by atoms with Crippen molar-refractivity contribution in [3.8, 4) is 0 Å². The first-order valence-corrected chi connectivity index (χ1v) is 8.71. The average molecular weight is 339 g/mol. The number of hydrogen-bond acceptors (Lipinski definition) is 5. The zero-order valence-corrected chi connectivity index (χ0v) is 15.1. The van der Waals surface area contributed by atoms with Crippen molar-refractivity contribution < 1.29 is 4.79 Å². The molecule has 1 amide bonds. The zero-order valence-electron chi connectivity index (χ0n) is 15.1. The van der Waals surface area contributed by atoms with Gasteiger partial charge in [0.05, 0.1) is 6.20 Å². The van der Waals surface area contributed by atoms with Crippen molar-refractivity contribution in [1.82, 2.24) is 14.9 Å². The summed E-state index contributed by atoms with van der Waals surface area (Å²) in [6.45, 7) is 10.6. The Balaban J connectivity index is 1.72. The molecule has 0 saturated carbocycles. The van der Waals surface area contributed by atoms with Crippen LogP contribution in [0.15, 0.2) is 36.8 Å². The molecule has 1 fully saturated rings. The number of nitrogens with one attached hydrogen (secondary N) is 1. The van der Waals surface area contributed by atoms with Crippen molar-refractivity contribution in [3.05, 3.63) is 48.0 Å². The van der Waals surface area contributed by atoms with E-state index in [0.717, 1.165) is 43.1 Å². The van der Waals surface area contributed by atoms with Gasteiger partial charge >= 0.3 is 0 Å². The molecule has 6 heteroatoms. The minimum absolute atomic E-state index is 0.241. The van der Waals surface area contributed by atoms with E-state index >= 15 is 0 Å². The molecule has 2 heterocycles. The predicted octanol–water partition coefficient (Wildman–Crippen LogP) is 2.57. The molecule has 3 rings (SSSR count). The maximum atomic E-state index is 12.3. The van der Waals surface area contributed by atoms with Crippen molar-refractivity contribution in [3.63, 3.8) is 0 Å². The number of amides is 1. The Labute approximate surface area is 148 Å². The molecule has 25 heavy (non-hydrogen) atoms. The number of rotatable bonds is 4. The van der Waals surface area contributed by atoms with E-state index in [9.17, 15) is 4.79 Å². The third-order valence-corrected chi connectivity index (χ3v) is 4.53. The van der Waals surface area contributed by atoms with Gasteiger partial charge in [0, 0.05) is 56.0 Å². The van der Waals surface area contributed by atoms with Crippen LogP contribution in [-0.2, 0) is 0 Å². The van der Waals surface area contributed by atoms with E-state index in [0.29, 0.717) is 11.7 Å². The van der Waals surface area contributed by atoms with Crippen molar-refractivity contribution in [2.75, 3.05) is 36.4 Å². The van der Waals surface area contributed by atoms with Gasteiger partial charge in [0.1, 0.15) is 5.69 Å². The highest BCUT2D eigenvalue weighted by molar-refractivity contribution is 6.02. The summed E-state index contributed by atoms with van der Waals surface area (Å²) in [5.41, 5.74) is 3.38. The minimum Gasteiger partial charge on any atom is -0.369 e. The summed E-state index contributed by atoms with van der Waals surface area (Å²) in [6, 6.07) is 6.76. The molecular formula is C19H25N5O. The lowest BCUT2D eigenvalue weighted by atomic mass is 10.1. The molecule has 2 aromatic rings. The molecule has 1 aliphatic heterocycles. The molecule has 1 saturated heterocycles. The SMILES string of the molecule is Cc1cc(NC(=O)c2cnccn2)cc(N2CCN(C(C)C)CC2)c1. The Hall–Kier alpha value is -2.47. The van der Waals surface area contributed by atoms with Crippen LogP contribution in [0.25, 0.3) is 0 Å². The summed E-state index contributed by atoms with van der Waals surface area (Å²) < 4.78 is 0. The van der Waals surface area contributed by atoms with Gasteiger partial charge in [-0.3, -0.25) is 14.7 Å². The van der Waals surface area contributed by atoms with E-state index in [1.54, 1.807) is 6.20 Å². The molecule has 0 bridgehead atoms. The highest BCUT2D eigenvalue weighted by Gasteiger charge is 2.19. The van der Waals surface area contributed by atoms with Crippen LogP contribution in [-0.4, -0.2) is 53.0 Å². The Morgan fingerprint density at radius 3 is 2.52 bits per heavy atom. The largest absolute Gasteiger partial charge is 0.369 e. The number of carbonyl (C=O) groups excluding carboxylic acids is 1. The van der Waals surface area contributed by atoms with Crippen molar-refractivity contribution >= 4 is 17.3 Å². The first kappa shape index (κ1) is 17.4. The molecular weight excluding hydrogens is 314 g/mol. The molecule has 0 aliphatic carbocycles. The van der Waals surface area contributed by atoms with Gasteiger partial charge in [0.15, 0.2) is 0 Å². The van der Waals surface area contributed by atoms with Gasteiger partial charge in [0.25, 0.3) is 5.91 Å². The first-order valence-electron chi connectivity index (χ1n) is 8.71. The van der Waals surface area contributed by atoms with Crippen LogP contribution in [0.4, 0.5) is 11.4 Å². The lowest BCUT2D eigenvalue weighted by Crippen LogP contribution is -2.48. The number of piperazine rings is 1. The smallest absolute Gasteiger partial charge is 0.275 e. The number of carbonyl (C=O) groups is 1. The lowest BCUT2D eigenvalue weighted by molar-refractivity contribution is 0.102. The molecule has 0 atom stereocenters. The molecule has 0 spiro atoms. The van der Waals surface area contributed by atoms with Crippen LogP contribution in [0.5, 0.6) is 0 Å². The molecule has 6 nitrogen and oxygen atoms in total. The fraction of sp³-hybridized carbons (Fsp3) is 0.421. The Morgan fingerprint density at radius 1 is 1.12 bits per heavy atom. The zero-order chi connectivity index (χ0) is 17.8. The number of hydrogen-bond donors (Lipinski definition) is 1. The second kappa shape index (κ2) is 7.61. The van der Waals surface area contributed by atoms with Gasteiger partial charge in [-0.25, -0.2) is 4.98 Å². The normalized spacial score (nSPS) is 15.4. The van der Waals surface area contributed by atoms with Gasteiger partial charge in [-0.15, -0.1) is 0 Å². The van der Waals surface area contributed by atoms with Gasteiger partial charge in [0.2, 0.25) is 0 Å². The summed E-state index contributed by atoms with van der Waals surface area (Å²) in [6.07, 6.45) is 4.54. The second-order valence-electron chi connectivity index (χ2n) is 6.72. The Bertz CT molecular complexity index is 724. The van der Waals surface area contributed by atoms with E-state index in [1.807, 2.05) is 19.1 Å². The summed E-state index contributed by atoms with van der Waals surface area (Å²) >= 11 is 0. The lowest BCUT2D eigenvalue weighted by Gasteiger charge is -2.38. The summed E-state index contributed by atoms with van der Waals surface area (Å²) in [4.78, 5) is 25.1. The highest BCUT2D eigenvalue weighted by Crippen LogP contribution is 2.24. The Kier molecular flexibility index (Phi) is 5.28. The fourth-order valence-electron chi connectivity index (χ4n) is 3.13. The summed E-state index contributed by atoms with van der Waals surface area (Å²) in [5.74, 6) is -0.241. The maximum absolute atomic E-state index is 12.3. The molecule has 1 aliphatic rings. The minimum atomic E-state index is -0.241. The van der Waals surface area contributed by atoms with E-state index in [1.165, 1.54) is 12.4 Å². The van der Waals surface area contributed by atoms with Crippen molar-refractivity contribution in [1.29, 1.82) is 0 Å². The summed E-state index contributed by atoms with van der Waals surface area (Å²) in [7, 11) is 0. The van der Waals surface area contributed by atoms with E-state index in [4.69, 9.17) is 0 Å². The fourth-order valence-corrected chi connectivity index (χ4v) is 3.13. The van der Waals surface area contributed by atoms with E-state index in [2.05, 4.69) is 45.0 Å². The maximum Gasteiger partial charge on any atom is 0.275 e. The van der Waals surface area contributed by atoms with Crippen LogP contribution in [0.2, 0.25) is 0 Å². The molecule has 1 N–H and O–H groups in total. The Morgan fingerprint density at radius 2 is 1.88 bits per heavy atom.